The van der Waals surface area contributed by atoms with Gasteiger partial charge in [0, 0.05) is 123 Å². The van der Waals surface area contributed by atoms with Gasteiger partial charge in [0.15, 0.2) is 17.3 Å². The monoisotopic (exact) mass is 827 g/mol. The number of likely N-dealkylation sites (N-methyl/N-ethyl adjacent to an activating group) is 9. The number of hydrogen-bond acceptors (Lipinski definition) is 12. The fourth-order valence-corrected chi connectivity index (χ4v) is 2.76. The minimum absolute atomic E-state index is 0. The van der Waals surface area contributed by atoms with Gasteiger partial charge in [0.2, 0.25) is 35.4 Å². The molecule has 22 heteroatoms. The molecule has 0 aliphatic heterocycles. The number of nitrogens with zero attached hydrogens (tertiary/aromatic N) is 9. The molecule has 0 spiro atoms. The molecular formula is C33H57FeN9O12. The third-order valence-corrected chi connectivity index (χ3v) is 6.41. The summed E-state index contributed by atoms with van der Waals surface area (Å²) in [6.07, 6.45) is 2.46. The summed E-state index contributed by atoms with van der Waals surface area (Å²) in [5.74, 6) is -6.77. The molecule has 55 heavy (non-hydrogen) atoms. The van der Waals surface area contributed by atoms with Gasteiger partial charge >= 0.3 is 0 Å². The second-order valence-corrected chi connectivity index (χ2v) is 12.6. The van der Waals surface area contributed by atoms with Crippen LogP contribution in [-0.4, -0.2) is 238 Å². The molecule has 21 nitrogen and oxygen atoms in total. The summed E-state index contributed by atoms with van der Waals surface area (Å²) in [5, 5.41) is 28.4. The van der Waals surface area contributed by atoms with Crippen molar-refractivity contribution in [3.8, 4) is 0 Å². The largest absolute Gasteiger partial charge is 0.503 e. The van der Waals surface area contributed by atoms with Crippen molar-refractivity contribution in [2.24, 2.45) is 0 Å². The van der Waals surface area contributed by atoms with Crippen molar-refractivity contribution < 1.29 is 75.5 Å². The van der Waals surface area contributed by atoms with E-state index in [0.717, 1.165) is 32.9 Å². The summed E-state index contributed by atoms with van der Waals surface area (Å²) in [6, 6.07) is 0. The first kappa shape index (κ1) is 56.1. The van der Waals surface area contributed by atoms with Crippen LogP contribution < -0.4 is 0 Å². The minimum Gasteiger partial charge on any atom is -0.503 e. The topological polar surface area (TPSA) is 243 Å². The maximum atomic E-state index is 11.6. The number of rotatable bonds is 12. The number of aliphatic hydroxyl groups is 3. The molecular weight excluding hydrogens is 770 g/mol. The molecule has 9 amide bonds. The second-order valence-electron chi connectivity index (χ2n) is 12.6. The van der Waals surface area contributed by atoms with Gasteiger partial charge in [-0.25, -0.2) is 0 Å². The first-order chi connectivity index (χ1) is 24.5. The molecule has 314 valence electrons. The second kappa shape index (κ2) is 27.0. The van der Waals surface area contributed by atoms with Crippen molar-refractivity contribution in [1.82, 2.24) is 44.1 Å². The van der Waals surface area contributed by atoms with E-state index in [0.29, 0.717) is 0 Å². The van der Waals surface area contributed by atoms with E-state index < -0.39 is 52.7 Å². The summed E-state index contributed by atoms with van der Waals surface area (Å²) in [7, 11) is 22.5. The maximum absolute atomic E-state index is 11.6. The normalized spacial score (nSPS) is 10.6. The SMILES string of the molecule is CN(C)C(=O)C=C(O)C(=O)N(C)CC(=O)N(C)C.CN(C)C(=O)C=C(O)C(=O)N(C)CC(=O)N(C)C.CN(C)C(=O)C=C(O)C(=O)N(C)CC(=O)N(C)C.[Fe]. The number of carbonyl (C=O) groups is 9. The van der Waals surface area contributed by atoms with Crippen LogP contribution in [-0.2, 0) is 60.2 Å². The molecule has 0 fully saturated rings. The van der Waals surface area contributed by atoms with Crippen molar-refractivity contribution in [3.63, 3.8) is 0 Å². The van der Waals surface area contributed by atoms with Crippen LogP contribution >= 0.6 is 0 Å². The average molecular weight is 828 g/mol. The fourth-order valence-electron chi connectivity index (χ4n) is 2.76. The molecule has 0 heterocycles. The number of amides is 9. The molecule has 0 radical (unpaired) electrons. The van der Waals surface area contributed by atoms with Crippen LogP contribution in [0.5, 0.6) is 0 Å². The molecule has 0 aromatic carbocycles. The predicted molar refractivity (Wildman–Crippen MR) is 197 cm³/mol. The zero-order chi connectivity index (χ0) is 43.4. The van der Waals surface area contributed by atoms with Crippen molar-refractivity contribution in [3.05, 3.63) is 35.5 Å². The van der Waals surface area contributed by atoms with Gasteiger partial charge in [0.25, 0.3) is 17.7 Å². The van der Waals surface area contributed by atoms with E-state index in [9.17, 15) is 58.5 Å². The molecule has 0 aromatic rings. The van der Waals surface area contributed by atoms with Crippen molar-refractivity contribution in [2.45, 2.75) is 0 Å². The number of aliphatic hydroxyl groups excluding tert-OH is 3. The molecule has 3 N–H and O–H groups in total. The molecule has 0 saturated carbocycles. The molecule has 0 aromatic heterocycles. The Morgan fingerprint density at radius 1 is 0.345 bits per heavy atom. The van der Waals surface area contributed by atoms with E-state index in [1.54, 1.807) is 42.3 Å². The van der Waals surface area contributed by atoms with Crippen LogP contribution in [0.3, 0.4) is 0 Å². The van der Waals surface area contributed by atoms with E-state index >= 15 is 0 Å². The van der Waals surface area contributed by atoms with E-state index in [1.807, 2.05) is 0 Å². The molecule has 0 aliphatic carbocycles. The van der Waals surface area contributed by atoms with Gasteiger partial charge in [-0.05, 0) is 0 Å². The Kier molecular flexibility index (Phi) is 27.6. The van der Waals surface area contributed by atoms with Gasteiger partial charge < -0.3 is 59.4 Å². The fraction of sp³-hybridized carbons (Fsp3) is 0.545. The maximum Gasteiger partial charge on any atom is 0.289 e. The molecule has 0 aliphatic rings. The Balaban J connectivity index is -0.000000351. The molecule has 0 atom stereocenters. The molecule has 0 saturated heterocycles. The summed E-state index contributed by atoms with van der Waals surface area (Å²) in [4.78, 5) is 113. The third kappa shape index (κ3) is 23.6. The summed E-state index contributed by atoms with van der Waals surface area (Å²) in [5.41, 5.74) is 0. The predicted octanol–water partition coefficient (Wildman–Crippen LogP) is -2.81. The Morgan fingerprint density at radius 2 is 0.509 bits per heavy atom. The zero-order valence-corrected chi connectivity index (χ0v) is 35.4. The van der Waals surface area contributed by atoms with E-state index in [4.69, 9.17) is 0 Å². The quantitative estimate of drug-likeness (QED) is 0.103. The van der Waals surface area contributed by atoms with Gasteiger partial charge in [-0.2, -0.15) is 0 Å². The number of carbonyl (C=O) groups excluding carboxylic acids is 9. The van der Waals surface area contributed by atoms with Gasteiger partial charge in [-0.3, -0.25) is 43.2 Å². The van der Waals surface area contributed by atoms with Crippen LogP contribution in [0.15, 0.2) is 35.5 Å². The smallest absolute Gasteiger partial charge is 0.289 e. The van der Waals surface area contributed by atoms with Gasteiger partial charge in [0.05, 0.1) is 37.9 Å². The Bertz CT molecular complexity index is 1300. The Labute approximate surface area is 333 Å². The zero-order valence-electron chi connectivity index (χ0n) is 34.2. The van der Waals surface area contributed by atoms with Gasteiger partial charge in [-0.15, -0.1) is 0 Å². The first-order valence-electron chi connectivity index (χ1n) is 15.7. The van der Waals surface area contributed by atoms with E-state index in [2.05, 4.69) is 0 Å². The Hall–Kier alpha value is -5.63. The summed E-state index contributed by atoms with van der Waals surface area (Å²) in [6.45, 7) is -0.500. The van der Waals surface area contributed by atoms with Crippen LogP contribution in [0.1, 0.15) is 0 Å². The van der Waals surface area contributed by atoms with Crippen molar-refractivity contribution in [2.75, 3.05) is 125 Å². The standard InChI is InChI=1S/3C11H19N3O4.Fe/c3*1-12(2)9(16)6-8(15)11(18)14(5)7-10(17)13(3)4;/h3*6,15H,7H2,1-5H3;. The van der Waals surface area contributed by atoms with Gasteiger partial charge in [-0.1, -0.05) is 0 Å². The van der Waals surface area contributed by atoms with Crippen LogP contribution in [0, 0.1) is 0 Å². The summed E-state index contributed by atoms with van der Waals surface area (Å²) >= 11 is 0. The first-order valence-corrected chi connectivity index (χ1v) is 15.7. The molecule has 0 rings (SSSR count). The van der Waals surface area contributed by atoms with E-state index in [-0.39, 0.29) is 54.4 Å². The van der Waals surface area contributed by atoms with Crippen LogP contribution in [0.25, 0.3) is 0 Å². The third-order valence-electron chi connectivity index (χ3n) is 6.41. The summed E-state index contributed by atoms with van der Waals surface area (Å²) < 4.78 is 0. The Morgan fingerprint density at radius 3 is 0.636 bits per heavy atom. The van der Waals surface area contributed by atoms with Crippen LogP contribution in [0.4, 0.5) is 0 Å². The molecule has 0 bridgehead atoms. The number of hydrogen-bond donors (Lipinski definition) is 3. The van der Waals surface area contributed by atoms with E-state index in [1.165, 1.54) is 92.8 Å². The van der Waals surface area contributed by atoms with Crippen LogP contribution in [0.2, 0.25) is 0 Å². The van der Waals surface area contributed by atoms with Gasteiger partial charge in [0.1, 0.15) is 0 Å². The molecule has 0 unspecified atom stereocenters. The minimum atomic E-state index is -0.777. The van der Waals surface area contributed by atoms with Crippen molar-refractivity contribution >= 4 is 53.2 Å². The van der Waals surface area contributed by atoms with Crippen molar-refractivity contribution in [1.29, 1.82) is 0 Å². The average Bonchev–Trinajstić information content (AvgIpc) is 3.06.